The van der Waals surface area contributed by atoms with Gasteiger partial charge in [-0.3, -0.25) is 4.79 Å². The lowest BCUT2D eigenvalue weighted by Gasteiger charge is -2.24. The average molecular weight is 320 g/mol. The first-order valence-corrected chi connectivity index (χ1v) is 9.16. The van der Waals surface area contributed by atoms with Crippen LogP contribution in [0.5, 0.6) is 5.75 Å². The maximum Gasteiger partial charge on any atom is 0.222 e. The largest absolute Gasteiger partial charge is 0.497 e. The summed E-state index contributed by atoms with van der Waals surface area (Å²) >= 11 is 1.93. The van der Waals surface area contributed by atoms with Gasteiger partial charge in [0.05, 0.1) is 13.2 Å². The third kappa shape index (κ3) is 4.17. The summed E-state index contributed by atoms with van der Waals surface area (Å²) in [5.74, 6) is 3.78. The van der Waals surface area contributed by atoms with Crippen molar-refractivity contribution in [1.82, 2.24) is 10.6 Å². The molecule has 0 aromatic heterocycles. The van der Waals surface area contributed by atoms with E-state index in [9.17, 15) is 4.79 Å². The molecule has 2 fully saturated rings. The van der Waals surface area contributed by atoms with Crippen LogP contribution in [0.2, 0.25) is 0 Å². The molecule has 3 rings (SSSR count). The van der Waals surface area contributed by atoms with Gasteiger partial charge in [-0.1, -0.05) is 12.1 Å². The molecule has 1 saturated carbocycles. The molecular formula is C17H24N2O2S. The molecule has 1 heterocycles. The maximum absolute atomic E-state index is 12.4. The molecule has 120 valence electrons. The third-order valence-electron chi connectivity index (χ3n) is 4.32. The zero-order valence-corrected chi connectivity index (χ0v) is 13.8. The maximum atomic E-state index is 12.4. The molecule has 4 nitrogen and oxygen atoms in total. The van der Waals surface area contributed by atoms with Crippen molar-refractivity contribution in [2.24, 2.45) is 5.92 Å². The summed E-state index contributed by atoms with van der Waals surface area (Å²) in [5, 5.41) is 6.68. The number of methoxy groups -OCH3 is 1. The molecule has 0 radical (unpaired) electrons. The number of benzene rings is 1. The number of thioether (sulfide) groups is 1. The molecule has 2 unspecified atom stereocenters. The van der Waals surface area contributed by atoms with Crippen LogP contribution in [0.3, 0.4) is 0 Å². The van der Waals surface area contributed by atoms with E-state index < -0.39 is 0 Å². The van der Waals surface area contributed by atoms with E-state index >= 15 is 0 Å². The van der Waals surface area contributed by atoms with Gasteiger partial charge in [0, 0.05) is 30.5 Å². The fourth-order valence-corrected chi connectivity index (χ4v) is 3.87. The molecule has 1 aliphatic heterocycles. The number of carbonyl (C=O) groups excluding carboxylic acids is 1. The highest BCUT2D eigenvalue weighted by atomic mass is 32.2. The second-order valence-corrected chi connectivity index (χ2v) is 7.24. The van der Waals surface area contributed by atoms with Crippen molar-refractivity contribution in [2.45, 2.75) is 31.3 Å². The van der Waals surface area contributed by atoms with Crippen molar-refractivity contribution in [3.8, 4) is 5.75 Å². The minimum atomic E-state index is 0.148. The Morgan fingerprint density at radius 2 is 2.18 bits per heavy atom. The summed E-state index contributed by atoms with van der Waals surface area (Å²) in [7, 11) is 1.67. The lowest BCUT2D eigenvalue weighted by molar-refractivity contribution is -0.122. The van der Waals surface area contributed by atoms with Crippen LogP contribution in [0, 0.1) is 5.92 Å². The molecule has 2 N–H and O–H groups in total. The quantitative estimate of drug-likeness (QED) is 0.845. The van der Waals surface area contributed by atoms with Crippen LogP contribution in [0.25, 0.3) is 0 Å². The number of carbonyl (C=O) groups is 1. The number of ether oxygens (including phenoxy) is 1. The van der Waals surface area contributed by atoms with E-state index in [0.717, 1.165) is 23.8 Å². The lowest BCUT2D eigenvalue weighted by Crippen LogP contribution is -2.42. The molecule has 1 aromatic rings. The zero-order valence-electron chi connectivity index (χ0n) is 13.0. The molecule has 22 heavy (non-hydrogen) atoms. The molecule has 5 heteroatoms. The normalized spacial score (nSPS) is 22.9. The lowest BCUT2D eigenvalue weighted by atomic mass is 10.0. The minimum absolute atomic E-state index is 0.148. The highest BCUT2D eigenvalue weighted by Gasteiger charge is 2.33. The van der Waals surface area contributed by atoms with Gasteiger partial charge in [0.2, 0.25) is 5.91 Å². The monoisotopic (exact) mass is 320 g/mol. The summed E-state index contributed by atoms with van der Waals surface area (Å²) in [5.41, 5.74) is 1.18. The fraction of sp³-hybridized carbons (Fsp3) is 0.588. The van der Waals surface area contributed by atoms with Crippen molar-refractivity contribution in [3.63, 3.8) is 0 Å². The van der Waals surface area contributed by atoms with Gasteiger partial charge >= 0.3 is 0 Å². The minimum Gasteiger partial charge on any atom is -0.497 e. The predicted molar refractivity (Wildman–Crippen MR) is 90.3 cm³/mol. The first-order chi connectivity index (χ1) is 10.8. The molecule has 0 spiro atoms. The highest BCUT2D eigenvalue weighted by Crippen LogP contribution is 2.41. The van der Waals surface area contributed by atoms with Gasteiger partial charge in [-0.15, -0.1) is 0 Å². The van der Waals surface area contributed by atoms with Gasteiger partial charge in [-0.2, -0.15) is 11.8 Å². The van der Waals surface area contributed by atoms with E-state index in [0.29, 0.717) is 18.4 Å². The Morgan fingerprint density at radius 3 is 2.77 bits per heavy atom. The summed E-state index contributed by atoms with van der Waals surface area (Å²) in [4.78, 5) is 12.4. The number of nitrogens with one attached hydrogen (secondary N) is 2. The van der Waals surface area contributed by atoms with Gasteiger partial charge in [-0.05, 0) is 36.5 Å². The number of hydrogen-bond donors (Lipinski definition) is 2. The van der Waals surface area contributed by atoms with Crippen LogP contribution in [-0.4, -0.2) is 37.1 Å². The molecule has 1 amide bonds. The van der Waals surface area contributed by atoms with Gasteiger partial charge in [-0.25, -0.2) is 0 Å². The van der Waals surface area contributed by atoms with Crippen LogP contribution in [0.4, 0.5) is 0 Å². The Balaban J connectivity index is 1.59. The van der Waals surface area contributed by atoms with E-state index in [1.165, 1.54) is 18.4 Å². The Labute approximate surface area is 136 Å². The van der Waals surface area contributed by atoms with Crippen LogP contribution in [0.15, 0.2) is 24.3 Å². The van der Waals surface area contributed by atoms with Crippen molar-refractivity contribution in [2.75, 3.05) is 25.2 Å². The molecular weight excluding hydrogens is 296 g/mol. The first-order valence-electron chi connectivity index (χ1n) is 8.00. The molecule has 1 saturated heterocycles. The van der Waals surface area contributed by atoms with E-state index in [1.54, 1.807) is 7.11 Å². The van der Waals surface area contributed by atoms with Gasteiger partial charge in [0.1, 0.15) is 5.75 Å². The van der Waals surface area contributed by atoms with Crippen LogP contribution >= 0.6 is 11.8 Å². The number of rotatable bonds is 6. The predicted octanol–water partition coefficient (Wildman–Crippen LogP) is 2.36. The Hall–Kier alpha value is -1.20. The number of hydrogen-bond acceptors (Lipinski definition) is 4. The highest BCUT2D eigenvalue weighted by molar-refractivity contribution is 7.99. The molecule has 1 aliphatic carbocycles. The molecule has 2 atom stereocenters. The molecule has 0 bridgehead atoms. The molecule has 2 aliphatic rings. The standard InChI is InChI=1S/C17H24N2O2S/c1-21-15-6-4-13(5-7-15)17(12-2-3-12)19-16(20)10-14-11-22-9-8-18-14/h4-7,12,14,17-18H,2-3,8-11H2,1H3,(H,19,20). The summed E-state index contributed by atoms with van der Waals surface area (Å²) in [6, 6.07) is 8.53. The van der Waals surface area contributed by atoms with Gasteiger partial charge in [0.25, 0.3) is 0 Å². The Morgan fingerprint density at radius 1 is 1.41 bits per heavy atom. The third-order valence-corrected chi connectivity index (χ3v) is 5.45. The second kappa shape index (κ2) is 7.38. The van der Waals surface area contributed by atoms with Crippen molar-refractivity contribution < 1.29 is 9.53 Å². The van der Waals surface area contributed by atoms with E-state index in [-0.39, 0.29) is 11.9 Å². The fourth-order valence-electron chi connectivity index (χ4n) is 2.92. The van der Waals surface area contributed by atoms with Crippen LogP contribution in [-0.2, 0) is 4.79 Å². The smallest absolute Gasteiger partial charge is 0.222 e. The second-order valence-electron chi connectivity index (χ2n) is 6.09. The summed E-state index contributed by atoms with van der Waals surface area (Å²) in [6.45, 7) is 1.01. The van der Waals surface area contributed by atoms with Crippen LogP contribution in [0.1, 0.15) is 30.9 Å². The Kier molecular flexibility index (Phi) is 5.26. The van der Waals surface area contributed by atoms with Crippen molar-refractivity contribution in [3.05, 3.63) is 29.8 Å². The van der Waals surface area contributed by atoms with E-state index in [2.05, 4.69) is 22.8 Å². The van der Waals surface area contributed by atoms with E-state index in [4.69, 9.17) is 4.74 Å². The Bertz CT molecular complexity index is 496. The zero-order chi connectivity index (χ0) is 15.4. The topological polar surface area (TPSA) is 50.4 Å². The SMILES string of the molecule is COc1ccc(C(NC(=O)CC2CSCCN2)C2CC2)cc1. The number of amides is 1. The average Bonchev–Trinajstić information content (AvgIpc) is 3.38. The summed E-state index contributed by atoms with van der Waals surface area (Å²) < 4.78 is 5.21. The van der Waals surface area contributed by atoms with Crippen LogP contribution < -0.4 is 15.4 Å². The van der Waals surface area contributed by atoms with E-state index in [1.807, 2.05) is 23.9 Å². The van der Waals surface area contributed by atoms with Crippen molar-refractivity contribution in [1.29, 1.82) is 0 Å². The summed E-state index contributed by atoms with van der Waals surface area (Å²) in [6.07, 6.45) is 2.98. The van der Waals surface area contributed by atoms with Gasteiger partial charge < -0.3 is 15.4 Å². The van der Waals surface area contributed by atoms with Gasteiger partial charge in [0.15, 0.2) is 0 Å². The first kappa shape index (κ1) is 15.7. The van der Waals surface area contributed by atoms with Crippen molar-refractivity contribution >= 4 is 17.7 Å². The molecule has 1 aromatic carbocycles.